The summed E-state index contributed by atoms with van der Waals surface area (Å²) < 4.78 is 23.7. The van der Waals surface area contributed by atoms with E-state index in [4.69, 9.17) is 0 Å². The Morgan fingerprint density at radius 2 is 1.47 bits per heavy atom. The summed E-state index contributed by atoms with van der Waals surface area (Å²) in [5, 5.41) is 0. The molecule has 2 atom stereocenters. The van der Waals surface area contributed by atoms with Gasteiger partial charge in [-0.2, -0.15) is 0 Å². The third-order valence-corrected chi connectivity index (χ3v) is 6.49. The Morgan fingerprint density at radius 1 is 0.933 bits per heavy atom. The number of phosphoric ester groups is 1. The number of hydrogen-bond donors (Lipinski definition) is 0. The molecule has 0 saturated carbocycles. The molecule has 1 rings (SSSR count). The van der Waals surface area contributed by atoms with Crippen LogP contribution in [0.2, 0.25) is 0 Å². The normalized spacial score (nSPS) is 13.6. The van der Waals surface area contributed by atoms with Crippen molar-refractivity contribution in [2.45, 2.75) is 106 Å². The van der Waals surface area contributed by atoms with Crippen molar-refractivity contribution in [2.24, 2.45) is 11.8 Å². The second kappa shape index (κ2) is 17.9. The van der Waals surface area contributed by atoms with Crippen LogP contribution in [0.1, 0.15) is 92.9 Å². The molecule has 30 heavy (non-hydrogen) atoms. The lowest BCUT2D eigenvalue weighted by molar-refractivity contribution is -0.703. The van der Waals surface area contributed by atoms with Crippen LogP contribution in [0.3, 0.4) is 0 Å². The number of imidazole rings is 1. The minimum atomic E-state index is -3.94. The highest BCUT2D eigenvalue weighted by Crippen LogP contribution is 2.37. The van der Waals surface area contributed by atoms with Crippen molar-refractivity contribution in [3.63, 3.8) is 0 Å². The van der Waals surface area contributed by atoms with Gasteiger partial charge in [0.15, 0.2) is 0 Å². The maximum atomic E-state index is 10.4. The maximum absolute atomic E-state index is 10.4. The molecule has 1 heterocycles. The molecule has 0 N–H and O–H groups in total. The fourth-order valence-corrected chi connectivity index (χ4v) is 4.15. The van der Waals surface area contributed by atoms with Crippen molar-refractivity contribution in [3.8, 4) is 0 Å². The summed E-state index contributed by atoms with van der Waals surface area (Å²) in [6.45, 7) is 15.0. The number of unbranched alkanes of at least 4 members (excludes halogenated alkanes) is 2. The molecular formula is C23H47N2O4P. The monoisotopic (exact) mass is 446 g/mol. The van der Waals surface area contributed by atoms with Crippen LogP contribution in [0.5, 0.6) is 0 Å². The van der Waals surface area contributed by atoms with Crippen LogP contribution in [0.4, 0.5) is 0 Å². The van der Waals surface area contributed by atoms with Crippen LogP contribution in [0, 0.1) is 11.8 Å². The zero-order chi connectivity index (χ0) is 22.8. The molecule has 0 saturated heterocycles. The van der Waals surface area contributed by atoms with Crippen molar-refractivity contribution < 1.29 is 23.1 Å². The summed E-state index contributed by atoms with van der Waals surface area (Å²) in [5.41, 5.74) is 0. The molecule has 0 spiro atoms. The second-order valence-electron chi connectivity index (χ2n) is 7.92. The van der Waals surface area contributed by atoms with Crippen molar-refractivity contribution in [1.29, 1.82) is 0 Å². The molecule has 178 valence electrons. The first kappa shape index (κ1) is 29.3. The molecule has 6 nitrogen and oxygen atoms in total. The Balaban J connectivity index is 0.000000787. The molecule has 1 aromatic rings. The molecule has 0 aliphatic carbocycles. The third kappa shape index (κ3) is 14.3. The van der Waals surface area contributed by atoms with Gasteiger partial charge in [0.05, 0.1) is 26.3 Å². The zero-order valence-electron chi connectivity index (χ0n) is 20.3. The topological polar surface area (TPSA) is 67.4 Å². The average Bonchev–Trinajstić information content (AvgIpc) is 3.15. The van der Waals surface area contributed by atoms with Crippen molar-refractivity contribution >= 4 is 7.82 Å². The van der Waals surface area contributed by atoms with E-state index in [2.05, 4.69) is 64.6 Å². The third-order valence-electron chi connectivity index (χ3n) is 5.35. The molecule has 0 aliphatic heterocycles. The average molecular weight is 447 g/mol. The summed E-state index contributed by atoms with van der Waals surface area (Å²) in [6.07, 6.45) is 17.6. The van der Waals surface area contributed by atoms with E-state index in [1.807, 2.05) is 0 Å². The molecule has 0 amide bonds. The highest BCUT2D eigenvalue weighted by atomic mass is 31.2. The molecule has 0 aliphatic rings. The van der Waals surface area contributed by atoms with Gasteiger partial charge in [0.25, 0.3) is 7.82 Å². The molecule has 0 aromatic carbocycles. The van der Waals surface area contributed by atoms with E-state index in [1.165, 1.54) is 64.5 Å². The summed E-state index contributed by atoms with van der Waals surface area (Å²) in [5.74, 6) is 1.68. The van der Waals surface area contributed by atoms with Crippen LogP contribution >= 0.6 is 7.82 Å². The molecule has 7 heteroatoms. The Labute approximate surface area is 185 Å². The lowest BCUT2D eigenvalue weighted by atomic mass is 9.99. The molecule has 0 radical (unpaired) electrons. The maximum Gasteiger partial charge on any atom is 0.267 e. The van der Waals surface area contributed by atoms with Crippen LogP contribution in [0.25, 0.3) is 0 Å². The van der Waals surface area contributed by atoms with Gasteiger partial charge in [0.1, 0.15) is 12.4 Å². The fraction of sp³-hybridized carbons (Fsp3) is 0.870. The quantitative estimate of drug-likeness (QED) is 0.240. The molecule has 0 bridgehead atoms. The van der Waals surface area contributed by atoms with E-state index in [0.717, 1.165) is 11.8 Å². The number of phosphoric acid groups is 1. The lowest BCUT2D eigenvalue weighted by Gasteiger charge is -2.20. The summed E-state index contributed by atoms with van der Waals surface area (Å²) in [4.78, 5) is 10.4. The van der Waals surface area contributed by atoms with Crippen molar-refractivity contribution in [2.75, 3.05) is 13.2 Å². The molecule has 1 aromatic heterocycles. The second-order valence-corrected chi connectivity index (χ2v) is 9.33. The summed E-state index contributed by atoms with van der Waals surface area (Å²) >= 11 is 0. The van der Waals surface area contributed by atoms with Gasteiger partial charge >= 0.3 is 0 Å². The number of nitrogens with zero attached hydrogens (tertiary/aromatic N) is 2. The van der Waals surface area contributed by atoms with Gasteiger partial charge in [-0.3, -0.25) is 4.57 Å². The first-order valence-electron chi connectivity index (χ1n) is 12.0. The van der Waals surface area contributed by atoms with Gasteiger partial charge < -0.3 is 13.9 Å². The van der Waals surface area contributed by atoms with E-state index in [-0.39, 0.29) is 13.2 Å². The Kier molecular flexibility index (Phi) is 17.5. The van der Waals surface area contributed by atoms with Gasteiger partial charge in [-0.25, -0.2) is 9.13 Å². The summed E-state index contributed by atoms with van der Waals surface area (Å²) in [7, 11) is -3.94. The molecule has 2 unspecified atom stereocenters. The van der Waals surface area contributed by atoms with Crippen molar-refractivity contribution in [3.05, 3.63) is 18.7 Å². The predicted octanol–water partition coefficient (Wildman–Crippen LogP) is 5.74. The number of hydrogen-bond acceptors (Lipinski definition) is 4. The zero-order valence-corrected chi connectivity index (χ0v) is 21.2. The molecular weight excluding hydrogens is 399 g/mol. The lowest BCUT2D eigenvalue weighted by Crippen LogP contribution is -2.35. The first-order valence-corrected chi connectivity index (χ1v) is 13.5. The predicted molar refractivity (Wildman–Crippen MR) is 122 cm³/mol. The SMILES string of the molecule is CCCCC(CC)Cn1cc[n+](CC(CC)CCCC)c1.CCOP(=O)([O-])OCC. The van der Waals surface area contributed by atoms with Gasteiger partial charge in [0.2, 0.25) is 6.33 Å². The Morgan fingerprint density at radius 3 is 1.93 bits per heavy atom. The Hall–Kier alpha value is -0.680. The largest absolute Gasteiger partial charge is 0.756 e. The standard InChI is InChI=1S/C19H37N2.C4H11O4P/c1-5-9-11-18(7-3)15-20-13-14-21(17-20)16-19(8-4)12-10-6-2;1-3-7-9(5,6)8-4-2/h13-14,17-19H,5-12,15-16H2,1-4H3;3-4H2,1-2H3,(H,5,6)/q+1;/p-1. The number of aromatic nitrogens is 2. The van der Waals surface area contributed by atoms with E-state index in [9.17, 15) is 9.46 Å². The Bertz CT molecular complexity index is 523. The fourth-order valence-electron chi connectivity index (χ4n) is 3.44. The van der Waals surface area contributed by atoms with E-state index in [1.54, 1.807) is 13.8 Å². The van der Waals surface area contributed by atoms with E-state index >= 15 is 0 Å². The van der Waals surface area contributed by atoms with Crippen LogP contribution < -0.4 is 9.46 Å². The van der Waals surface area contributed by atoms with E-state index < -0.39 is 7.82 Å². The molecule has 0 fully saturated rings. The smallest absolute Gasteiger partial charge is 0.267 e. The number of rotatable bonds is 16. The first-order chi connectivity index (χ1) is 14.3. The highest BCUT2D eigenvalue weighted by molar-refractivity contribution is 7.45. The van der Waals surface area contributed by atoms with E-state index in [0.29, 0.717) is 0 Å². The highest BCUT2D eigenvalue weighted by Gasteiger charge is 2.14. The van der Waals surface area contributed by atoms with Gasteiger partial charge in [-0.1, -0.05) is 53.4 Å². The van der Waals surface area contributed by atoms with Gasteiger partial charge in [0, 0.05) is 0 Å². The van der Waals surface area contributed by atoms with Crippen LogP contribution in [0.15, 0.2) is 18.7 Å². The van der Waals surface area contributed by atoms with Crippen LogP contribution in [-0.4, -0.2) is 17.8 Å². The minimum Gasteiger partial charge on any atom is -0.756 e. The van der Waals surface area contributed by atoms with Gasteiger partial charge in [-0.05, 0) is 51.4 Å². The summed E-state index contributed by atoms with van der Waals surface area (Å²) in [6, 6.07) is 0. The van der Waals surface area contributed by atoms with Crippen LogP contribution in [-0.2, 0) is 26.7 Å². The van der Waals surface area contributed by atoms with Crippen molar-refractivity contribution in [1.82, 2.24) is 4.57 Å². The van der Waals surface area contributed by atoms with Gasteiger partial charge in [-0.15, -0.1) is 0 Å². The minimum absolute atomic E-state index is 0.126.